The Balaban J connectivity index is 2.56. The first kappa shape index (κ1) is 11.3. The molecule has 5 heteroatoms. The van der Waals surface area contributed by atoms with Crippen molar-refractivity contribution in [2.45, 2.75) is 27.2 Å². The lowest BCUT2D eigenvalue weighted by Gasteiger charge is -2.03. The van der Waals surface area contributed by atoms with Gasteiger partial charge in [-0.25, -0.2) is 14.6 Å². The Hall–Kier alpha value is -1.23. The van der Waals surface area contributed by atoms with Crippen LogP contribution in [0.15, 0.2) is 17.0 Å². The van der Waals surface area contributed by atoms with Crippen LogP contribution < -0.4 is 0 Å². The lowest BCUT2D eigenvalue weighted by molar-refractivity contribution is 0.798. The molecule has 0 amide bonds. The molecule has 0 aliphatic heterocycles. The number of aryl methyl sites for hydroxylation is 1. The summed E-state index contributed by atoms with van der Waals surface area (Å²) < 4.78 is 2.63. The highest BCUT2D eigenvalue weighted by Crippen LogP contribution is 2.18. The Morgan fingerprint density at radius 2 is 2.06 bits per heavy atom. The Kier molecular flexibility index (Phi) is 3.05. The van der Waals surface area contributed by atoms with E-state index in [2.05, 4.69) is 44.8 Å². The van der Waals surface area contributed by atoms with Crippen LogP contribution >= 0.6 is 15.9 Å². The van der Waals surface area contributed by atoms with E-state index in [0.29, 0.717) is 0 Å². The molecule has 0 N–H and O–H groups in total. The maximum atomic E-state index is 4.50. The molecule has 2 heterocycles. The fraction of sp³-hybridized carbons (Fsp3) is 0.364. The first-order valence-corrected chi connectivity index (χ1v) is 5.95. The summed E-state index contributed by atoms with van der Waals surface area (Å²) in [5.74, 6) is 0.794. The van der Waals surface area contributed by atoms with Crippen molar-refractivity contribution < 1.29 is 0 Å². The minimum Gasteiger partial charge on any atom is -0.229 e. The predicted molar refractivity (Wildman–Crippen MR) is 65.7 cm³/mol. The minimum absolute atomic E-state index is 0.767. The standard InChI is InChI=1S/C11H13BrN4/c1-4-9-7(2)15-16(8(9)3)11-5-10(12)13-6-14-11/h5-6H,4H2,1-3H3. The van der Waals surface area contributed by atoms with E-state index < -0.39 is 0 Å². The second kappa shape index (κ2) is 4.33. The molecule has 0 radical (unpaired) electrons. The summed E-state index contributed by atoms with van der Waals surface area (Å²) in [6.45, 7) is 6.23. The lowest BCUT2D eigenvalue weighted by Crippen LogP contribution is -2.02. The van der Waals surface area contributed by atoms with Crippen molar-refractivity contribution in [3.8, 4) is 5.82 Å². The van der Waals surface area contributed by atoms with Crippen molar-refractivity contribution in [2.75, 3.05) is 0 Å². The fourth-order valence-electron chi connectivity index (χ4n) is 1.85. The van der Waals surface area contributed by atoms with Gasteiger partial charge < -0.3 is 0 Å². The van der Waals surface area contributed by atoms with Crippen LogP contribution in [0.3, 0.4) is 0 Å². The third kappa shape index (κ3) is 1.87. The molecule has 16 heavy (non-hydrogen) atoms. The zero-order valence-electron chi connectivity index (χ0n) is 9.53. The number of hydrogen-bond donors (Lipinski definition) is 0. The summed E-state index contributed by atoms with van der Waals surface area (Å²) in [4.78, 5) is 8.23. The van der Waals surface area contributed by atoms with E-state index in [-0.39, 0.29) is 0 Å². The minimum atomic E-state index is 0.767. The summed E-state index contributed by atoms with van der Waals surface area (Å²) in [6, 6.07) is 1.86. The van der Waals surface area contributed by atoms with Gasteiger partial charge in [0.2, 0.25) is 0 Å². The van der Waals surface area contributed by atoms with E-state index >= 15 is 0 Å². The molecule has 0 aliphatic rings. The molecule has 0 aliphatic carbocycles. The smallest absolute Gasteiger partial charge is 0.158 e. The van der Waals surface area contributed by atoms with Crippen LogP contribution in [0.4, 0.5) is 0 Å². The highest BCUT2D eigenvalue weighted by Gasteiger charge is 2.11. The normalized spacial score (nSPS) is 10.8. The first-order valence-electron chi connectivity index (χ1n) is 5.16. The fourth-order valence-corrected chi connectivity index (χ4v) is 2.15. The quantitative estimate of drug-likeness (QED) is 0.795. The molecular formula is C11H13BrN4. The van der Waals surface area contributed by atoms with Crippen LogP contribution in [0.5, 0.6) is 0 Å². The highest BCUT2D eigenvalue weighted by molar-refractivity contribution is 9.10. The number of halogens is 1. The van der Waals surface area contributed by atoms with Crippen LogP contribution in [0.25, 0.3) is 5.82 Å². The van der Waals surface area contributed by atoms with Gasteiger partial charge >= 0.3 is 0 Å². The molecule has 0 saturated heterocycles. The largest absolute Gasteiger partial charge is 0.229 e. The molecule has 0 aromatic carbocycles. The van der Waals surface area contributed by atoms with Gasteiger partial charge in [0.25, 0.3) is 0 Å². The monoisotopic (exact) mass is 280 g/mol. The SMILES string of the molecule is CCc1c(C)nn(-c2cc(Br)ncn2)c1C. The van der Waals surface area contributed by atoms with Crippen LogP contribution in [-0.2, 0) is 6.42 Å². The van der Waals surface area contributed by atoms with E-state index in [1.54, 1.807) is 0 Å². The molecule has 4 nitrogen and oxygen atoms in total. The summed E-state index contributed by atoms with van der Waals surface area (Å²) in [5, 5.41) is 4.50. The van der Waals surface area contributed by atoms with Gasteiger partial charge in [-0.3, -0.25) is 0 Å². The van der Waals surface area contributed by atoms with Gasteiger partial charge in [-0.05, 0) is 41.8 Å². The van der Waals surface area contributed by atoms with E-state index in [0.717, 1.165) is 28.2 Å². The molecule has 0 fully saturated rings. The third-order valence-corrected chi connectivity index (χ3v) is 3.06. The van der Waals surface area contributed by atoms with Crippen LogP contribution in [0.1, 0.15) is 23.9 Å². The van der Waals surface area contributed by atoms with E-state index in [4.69, 9.17) is 0 Å². The number of aromatic nitrogens is 4. The predicted octanol–water partition coefficient (Wildman–Crippen LogP) is 2.60. The molecule has 2 aromatic rings. The van der Waals surface area contributed by atoms with Gasteiger partial charge in [-0.2, -0.15) is 5.10 Å². The Bertz CT molecular complexity index is 519. The molecule has 0 saturated carbocycles. The molecular weight excluding hydrogens is 268 g/mol. The number of rotatable bonds is 2. The summed E-state index contributed by atoms with van der Waals surface area (Å²) >= 11 is 3.33. The van der Waals surface area contributed by atoms with Crippen molar-refractivity contribution in [1.29, 1.82) is 0 Å². The lowest BCUT2D eigenvalue weighted by atomic mass is 10.1. The Morgan fingerprint density at radius 3 is 2.62 bits per heavy atom. The second-order valence-electron chi connectivity index (χ2n) is 3.61. The van der Waals surface area contributed by atoms with Crippen molar-refractivity contribution in [1.82, 2.24) is 19.7 Å². The maximum absolute atomic E-state index is 4.50. The topological polar surface area (TPSA) is 43.6 Å². The van der Waals surface area contributed by atoms with Crippen molar-refractivity contribution in [3.05, 3.63) is 33.9 Å². The number of hydrogen-bond acceptors (Lipinski definition) is 3. The second-order valence-corrected chi connectivity index (χ2v) is 4.43. The highest BCUT2D eigenvalue weighted by atomic mass is 79.9. The van der Waals surface area contributed by atoms with Gasteiger partial charge in [0, 0.05) is 11.8 Å². The zero-order chi connectivity index (χ0) is 11.7. The summed E-state index contributed by atoms with van der Waals surface area (Å²) in [6.07, 6.45) is 2.52. The van der Waals surface area contributed by atoms with Gasteiger partial charge in [-0.15, -0.1) is 0 Å². The molecule has 84 valence electrons. The van der Waals surface area contributed by atoms with Crippen molar-refractivity contribution >= 4 is 15.9 Å². The van der Waals surface area contributed by atoms with Crippen molar-refractivity contribution in [2.24, 2.45) is 0 Å². The molecule has 0 spiro atoms. The summed E-state index contributed by atoms with van der Waals surface area (Å²) in [7, 11) is 0. The molecule has 0 bridgehead atoms. The maximum Gasteiger partial charge on any atom is 0.158 e. The summed E-state index contributed by atoms with van der Waals surface area (Å²) in [5.41, 5.74) is 3.50. The van der Waals surface area contributed by atoms with Crippen molar-refractivity contribution in [3.63, 3.8) is 0 Å². The third-order valence-electron chi connectivity index (χ3n) is 2.63. The average molecular weight is 281 g/mol. The van der Waals surface area contributed by atoms with Crippen LogP contribution in [-0.4, -0.2) is 19.7 Å². The number of nitrogens with zero attached hydrogens (tertiary/aromatic N) is 4. The van der Waals surface area contributed by atoms with Gasteiger partial charge in [0.1, 0.15) is 10.9 Å². The molecule has 2 aromatic heterocycles. The molecule has 0 unspecified atom stereocenters. The first-order chi connectivity index (χ1) is 7.63. The van der Waals surface area contributed by atoms with Gasteiger partial charge in [0.15, 0.2) is 5.82 Å². The molecule has 2 rings (SSSR count). The van der Waals surface area contributed by atoms with E-state index in [1.165, 1.54) is 11.9 Å². The van der Waals surface area contributed by atoms with Gasteiger partial charge in [-0.1, -0.05) is 6.92 Å². The molecule has 0 atom stereocenters. The average Bonchev–Trinajstić information content (AvgIpc) is 2.54. The zero-order valence-corrected chi connectivity index (χ0v) is 11.1. The van der Waals surface area contributed by atoms with E-state index in [9.17, 15) is 0 Å². The van der Waals surface area contributed by atoms with E-state index in [1.807, 2.05) is 17.7 Å². The Morgan fingerprint density at radius 1 is 1.31 bits per heavy atom. The van der Waals surface area contributed by atoms with Crippen LogP contribution in [0.2, 0.25) is 0 Å². The van der Waals surface area contributed by atoms with Crippen LogP contribution in [0, 0.1) is 13.8 Å². The Labute approximate surface area is 103 Å². The van der Waals surface area contributed by atoms with Gasteiger partial charge in [0.05, 0.1) is 5.69 Å².